The molecule has 0 radical (unpaired) electrons. The highest BCUT2D eigenvalue weighted by atomic mass is 16.2. The fourth-order valence-electron chi connectivity index (χ4n) is 4.37. The van der Waals surface area contributed by atoms with E-state index in [1.165, 1.54) is 11.1 Å². The lowest BCUT2D eigenvalue weighted by Gasteiger charge is -2.35. The van der Waals surface area contributed by atoms with Crippen molar-refractivity contribution in [3.05, 3.63) is 53.6 Å². The first-order valence-electron chi connectivity index (χ1n) is 9.16. The summed E-state index contributed by atoms with van der Waals surface area (Å²) >= 11 is 0. The van der Waals surface area contributed by atoms with Crippen molar-refractivity contribution in [2.24, 2.45) is 0 Å². The Kier molecular flexibility index (Phi) is 4.13. The van der Waals surface area contributed by atoms with E-state index in [9.17, 15) is 4.79 Å². The Morgan fingerprint density at radius 3 is 3.04 bits per heavy atom. The number of rotatable bonds is 3. The van der Waals surface area contributed by atoms with Gasteiger partial charge in [0.2, 0.25) is 5.91 Å². The molecule has 1 amide bonds. The van der Waals surface area contributed by atoms with Crippen molar-refractivity contribution >= 4 is 5.91 Å². The largest absolute Gasteiger partial charge is 0.340 e. The van der Waals surface area contributed by atoms with Crippen molar-refractivity contribution in [2.75, 3.05) is 13.1 Å². The molecular formula is C20H25N3O. The summed E-state index contributed by atoms with van der Waals surface area (Å²) in [6.45, 7) is 3.85. The molecule has 0 bridgehead atoms. The Balaban J connectivity index is 1.51. The van der Waals surface area contributed by atoms with E-state index in [0.717, 1.165) is 51.0 Å². The van der Waals surface area contributed by atoms with Gasteiger partial charge in [0.25, 0.3) is 0 Å². The number of piperidine rings is 1. The van der Waals surface area contributed by atoms with E-state index in [2.05, 4.69) is 51.8 Å². The molecule has 0 saturated carbocycles. The number of aromatic nitrogens is 2. The van der Waals surface area contributed by atoms with Crippen LogP contribution < -0.4 is 0 Å². The predicted octanol–water partition coefficient (Wildman–Crippen LogP) is 3.34. The van der Waals surface area contributed by atoms with Gasteiger partial charge < -0.3 is 9.47 Å². The minimum Gasteiger partial charge on any atom is -0.340 e. The molecule has 2 aromatic rings. The summed E-state index contributed by atoms with van der Waals surface area (Å²) in [4.78, 5) is 19.7. The normalized spacial score (nSPS) is 23.3. The van der Waals surface area contributed by atoms with Gasteiger partial charge in [0.05, 0.1) is 12.0 Å². The number of nitrogens with zero attached hydrogens (tertiary/aromatic N) is 3. The number of hydrogen-bond acceptors (Lipinski definition) is 2. The summed E-state index contributed by atoms with van der Waals surface area (Å²) in [5.41, 5.74) is 2.61. The van der Waals surface area contributed by atoms with Gasteiger partial charge in [0.15, 0.2) is 0 Å². The number of aryl methyl sites for hydroxylation is 2. The van der Waals surface area contributed by atoms with Gasteiger partial charge in [0, 0.05) is 31.9 Å². The van der Waals surface area contributed by atoms with Crippen LogP contribution in [0.5, 0.6) is 0 Å². The predicted molar refractivity (Wildman–Crippen MR) is 94.0 cm³/mol. The van der Waals surface area contributed by atoms with E-state index in [0.29, 0.717) is 11.9 Å². The summed E-state index contributed by atoms with van der Waals surface area (Å²) < 4.78 is 2.28. The van der Waals surface area contributed by atoms with Crippen molar-refractivity contribution in [1.29, 1.82) is 0 Å². The maximum Gasteiger partial charge on any atom is 0.230 e. The summed E-state index contributed by atoms with van der Waals surface area (Å²) in [5, 5.41) is 0. The number of hydrogen-bond donors (Lipinski definition) is 0. The molecule has 2 aliphatic rings. The average Bonchev–Trinajstić information content (AvgIpc) is 3.28. The van der Waals surface area contributed by atoms with Crippen LogP contribution in [-0.2, 0) is 17.6 Å². The number of carbonyl (C=O) groups is 1. The zero-order valence-electron chi connectivity index (χ0n) is 14.3. The highest BCUT2D eigenvalue weighted by molar-refractivity contribution is 5.85. The summed E-state index contributed by atoms with van der Waals surface area (Å²) in [7, 11) is 0. The summed E-state index contributed by atoms with van der Waals surface area (Å²) in [6.07, 6.45) is 9.10. The van der Waals surface area contributed by atoms with E-state index in [4.69, 9.17) is 0 Å². The third-order valence-electron chi connectivity index (χ3n) is 5.60. The van der Waals surface area contributed by atoms with Crippen molar-refractivity contribution in [1.82, 2.24) is 14.5 Å². The molecule has 1 aromatic heterocycles. The van der Waals surface area contributed by atoms with Gasteiger partial charge in [-0.2, -0.15) is 0 Å². The van der Waals surface area contributed by atoms with Crippen LogP contribution in [-0.4, -0.2) is 33.4 Å². The lowest BCUT2D eigenvalue weighted by molar-refractivity contribution is -0.134. The van der Waals surface area contributed by atoms with Crippen LogP contribution in [0.2, 0.25) is 0 Å². The lowest BCUT2D eigenvalue weighted by Crippen LogP contribution is -2.42. The zero-order chi connectivity index (χ0) is 16.5. The smallest absolute Gasteiger partial charge is 0.230 e. The molecule has 1 fully saturated rings. The molecule has 4 heteroatoms. The standard InChI is InChI=1S/C20H25N3O/c1-2-19-21-11-13-23(19)16-7-5-12-22(14-16)20(24)18-10-9-15-6-3-4-8-17(15)18/h3-4,6,8,11,13,16,18H,2,5,7,9-10,12,14H2,1H3/t16-,18+/m1/s1. The van der Waals surface area contributed by atoms with Crippen molar-refractivity contribution < 1.29 is 4.79 Å². The Morgan fingerprint density at radius 2 is 2.17 bits per heavy atom. The fourth-order valence-corrected chi connectivity index (χ4v) is 4.37. The van der Waals surface area contributed by atoms with Crippen LogP contribution in [0.1, 0.15) is 55.1 Å². The van der Waals surface area contributed by atoms with Gasteiger partial charge in [-0.1, -0.05) is 31.2 Å². The molecule has 1 aliphatic heterocycles. The van der Waals surface area contributed by atoms with Crippen LogP contribution in [0.3, 0.4) is 0 Å². The molecule has 4 nitrogen and oxygen atoms in total. The van der Waals surface area contributed by atoms with Crippen LogP contribution in [0.15, 0.2) is 36.7 Å². The van der Waals surface area contributed by atoms with Gasteiger partial charge in [-0.05, 0) is 36.8 Å². The van der Waals surface area contributed by atoms with Crippen molar-refractivity contribution in [3.8, 4) is 0 Å². The first kappa shape index (κ1) is 15.4. The maximum atomic E-state index is 13.1. The van der Waals surface area contributed by atoms with E-state index in [1.54, 1.807) is 0 Å². The van der Waals surface area contributed by atoms with Crippen molar-refractivity contribution in [2.45, 2.75) is 51.0 Å². The molecule has 4 rings (SSSR count). The van der Waals surface area contributed by atoms with Gasteiger partial charge in [0.1, 0.15) is 5.82 Å². The van der Waals surface area contributed by atoms with E-state index in [-0.39, 0.29) is 5.92 Å². The second-order valence-electron chi connectivity index (χ2n) is 6.97. The Bertz CT molecular complexity index is 736. The van der Waals surface area contributed by atoms with E-state index in [1.807, 2.05) is 6.20 Å². The van der Waals surface area contributed by atoms with Crippen LogP contribution >= 0.6 is 0 Å². The SMILES string of the molecule is CCc1nccn1[C@@H]1CCCN(C(=O)[C@H]2CCc3ccccc32)C1. The molecule has 0 N–H and O–H groups in total. The first-order valence-corrected chi connectivity index (χ1v) is 9.16. The third kappa shape index (κ3) is 2.64. The topological polar surface area (TPSA) is 38.1 Å². The van der Waals surface area contributed by atoms with Crippen molar-refractivity contribution in [3.63, 3.8) is 0 Å². The summed E-state index contributed by atoms with van der Waals surface area (Å²) in [6, 6.07) is 8.81. The maximum absolute atomic E-state index is 13.1. The number of benzene rings is 1. The molecule has 0 unspecified atom stereocenters. The monoisotopic (exact) mass is 323 g/mol. The van der Waals surface area contributed by atoms with Crippen LogP contribution in [0.25, 0.3) is 0 Å². The number of imidazole rings is 1. The summed E-state index contributed by atoms with van der Waals surface area (Å²) in [5.74, 6) is 1.51. The average molecular weight is 323 g/mol. The van der Waals surface area contributed by atoms with Gasteiger partial charge in [-0.3, -0.25) is 4.79 Å². The second kappa shape index (κ2) is 6.42. The van der Waals surface area contributed by atoms with Crippen LogP contribution in [0.4, 0.5) is 0 Å². The number of likely N-dealkylation sites (tertiary alicyclic amines) is 1. The quantitative estimate of drug-likeness (QED) is 0.869. The molecule has 2 atom stereocenters. The minimum atomic E-state index is 0.0633. The molecular weight excluding hydrogens is 298 g/mol. The number of fused-ring (bicyclic) bond motifs is 1. The highest BCUT2D eigenvalue weighted by Crippen LogP contribution is 2.35. The minimum absolute atomic E-state index is 0.0633. The molecule has 0 spiro atoms. The Labute approximate surface area is 143 Å². The van der Waals surface area contributed by atoms with E-state index >= 15 is 0 Å². The molecule has 1 aliphatic carbocycles. The molecule has 24 heavy (non-hydrogen) atoms. The molecule has 2 heterocycles. The van der Waals surface area contributed by atoms with E-state index < -0.39 is 0 Å². The fraction of sp³-hybridized carbons (Fsp3) is 0.500. The van der Waals surface area contributed by atoms with Gasteiger partial charge in [-0.15, -0.1) is 0 Å². The number of amides is 1. The first-order chi connectivity index (χ1) is 11.8. The second-order valence-corrected chi connectivity index (χ2v) is 6.97. The highest BCUT2D eigenvalue weighted by Gasteiger charge is 2.34. The zero-order valence-corrected chi connectivity index (χ0v) is 14.3. The Morgan fingerprint density at radius 1 is 1.29 bits per heavy atom. The number of carbonyl (C=O) groups excluding carboxylic acids is 1. The molecule has 1 aromatic carbocycles. The molecule has 126 valence electrons. The Hall–Kier alpha value is -2.10. The van der Waals surface area contributed by atoms with Gasteiger partial charge >= 0.3 is 0 Å². The van der Waals surface area contributed by atoms with Crippen LogP contribution in [0, 0.1) is 0 Å². The third-order valence-corrected chi connectivity index (χ3v) is 5.60. The lowest BCUT2D eigenvalue weighted by atomic mass is 9.97. The molecule has 1 saturated heterocycles. The van der Waals surface area contributed by atoms with Gasteiger partial charge in [-0.25, -0.2) is 4.98 Å².